The lowest BCUT2D eigenvalue weighted by Crippen LogP contribution is -2.49. The van der Waals surface area contributed by atoms with E-state index in [-0.39, 0.29) is 11.9 Å². The predicted octanol–water partition coefficient (Wildman–Crippen LogP) is 5.27. The third-order valence-electron chi connectivity index (χ3n) is 5.89. The summed E-state index contributed by atoms with van der Waals surface area (Å²) in [5.41, 5.74) is 3.22. The summed E-state index contributed by atoms with van der Waals surface area (Å²) in [4.78, 5) is 17.8. The SMILES string of the molecule is CC(C)COc1ccccc1C(=O)N1CCN(C(c2ccccc2)c2ccccc2)CC1. The zero-order chi connectivity index (χ0) is 22.3. The molecule has 0 bridgehead atoms. The highest BCUT2D eigenvalue weighted by Gasteiger charge is 2.29. The molecule has 1 saturated heterocycles. The van der Waals surface area contributed by atoms with Crippen molar-refractivity contribution in [3.63, 3.8) is 0 Å². The Morgan fingerprint density at radius 1 is 0.781 bits per heavy atom. The van der Waals surface area contributed by atoms with Gasteiger partial charge in [0.05, 0.1) is 18.2 Å². The van der Waals surface area contributed by atoms with Gasteiger partial charge in [-0.05, 0) is 29.2 Å². The average molecular weight is 429 g/mol. The van der Waals surface area contributed by atoms with Gasteiger partial charge in [-0.15, -0.1) is 0 Å². The molecule has 0 spiro atoms. The van der Waals surface area contributed by atoms with Crippen molar-refractivity contribution in [3.05, 3.63) is 102 Å². The number of piperazine rings is 1. The normalized spacial score (nSPS) is 14.7. The van der Waals surface area contributed by atoms with E-state index >= 15 is 0 Å². The van der Waals surface area contributed by atoms with Crippen molar-refractivity contribution in [1.82, 2.24) is 9.80 Å². The molecule has 4 heteroatoms. The van der Waals surface area contributed by atoms with Gasteiger partial charge in [0.2, 0.25) is 0 Å². The van der Waals surface area contributed by atoms with Crippen molar-refractivity contribution < 1.29 is 9.53 Å². The maximum Gasteiger partial charge on any atom is 0.257 e. The Labute approximate surface area is 191 Å². The molecule has 0 aliphatic carbocycles. The van der Waals surface area contributed by atoms with Crippen molar-refractivity contribution in [3.8, 4) is 5.75 Å². The van der Waals surface area contributed by atoms with E-state index in [1.807, 2.05) is 29.2 Å². The summed E-state index contributed by atoms with van der Waals surface area (Å²) in [6, 6.07) is 29.1. The van der Waals surface area contributed by atoms with E-state index in [1.54, 1.807) is 0 Å². The summed E-state index contributed by atoms with van der Waals surface area (Å²) in [7, 11) is 0. The average Bonchev–Trinajstić information content (AvgIpc) is 2.84. The maximum atomic E-state index is 13.3. The van der Waals surface area contributed by atoms with Crippen LogP contribution in [0.3, 0.4) is 0 Å². The number of hydrogen-bond acceptors (Lipinski definition) is 3. The standard InChI is InChI=1S/C28H32N2O2/c1-22(2)21-32-26-16-10-9-15-25(26)28(31)30-19-17-29(18-20-30)27(23-11-5-3-6-12-23)24-13-7-4-8-14-24/h3-16,22,27H,17-21H2,1-2H3. The van der Waals surface area contributed by atoms with Crippen LogP contribution in [0.2, 0.25) is 0 Å². The van der Waals surface area contributed by atoms with Crippen molar-refractivity contribution in [2.45, 2.75) is 19.9 Å². The first-order valence-corrected chi connectivity index (χ1v) is 11.5. The minimum atomic E-state index is 0.0555. The molecule has 0 radical (unpaired) electrons. The topological polar surface area (TPSA) is 32.8 Å². The maximum absolute atomic E-state index is 13.3. The fraction of sp³-hybridized carbons (Fsp3) is 0.321. The Morgan fingerprint density at radius 2 is 1.31 bits per heavy atom. The van der Waals surface area contributed by atoms with Gasteiger partial charge in [-0.3, -0.25) is 9.69 Å². The molecular weight excluding hydrogens is 396 g/mol. The Kier molecular flexibility index (Phi) is 7.23. The quantitative estimate of drug-likeness (QED) is 0.514. The van der Waals surface area contributed by atoms with Crippen LogP contribution < -0.4 is 4.74 Å². The molecule has 1 aliphatic rings. The van der Waals surface area contributed by atoms with E-state index in [1.165, 1.54) is 11.1 Å². The molecule has 0 unspecified atom stereocenters. The first kappa shape index (κ1) is 22.1. The molecule has 0 aromatic heterocycles. The van der Waals surface area contributed by atoms with Crippen LogP contribution in [-0.2, 0) is 0 Å². The second kappa shape index (κ2) is 10.5. The minimum absolute atomic E-state index is 0.0555. The molecule has 0 atom stereocenters. The minimum Gasteiger partial charge on any atom is -0.492 e. The fourth-order valence-corrected chi connectivity index (χ4v) is 4.26. The van der Waals surface area contributed by atoms with Gasteiger partial charge < -0.3 is 9.64 Å². The van der Waals surface area contributed by atoms with Crippen LogP contribution in [0.1, 0.15) is 41.4 Å². The summed E-state index contributed by atoms with van der Waals surface area (Å²) < 4.78 is 5.93. The second-order valence-corrected chi connectivity index (χ2v) is 8.75. The van der Waals surface area contributed by atoms with E-state index < -0.39 is 0 Å². The first-order valence-electron chi connectivity index (χ1n) is 11.5. The van der Waals surface area contributed by atoms with E-state index in [4.69, 9.17) is 4.74 Å². The highest BCUT2D eigenvalue weighted by Crippen LogP contribution is 2.30. The predicted molar refractivity (Wildman–Crippen MR) is 129 cm³/mol. The molecule has 3 aromatic carbocycles. The molecule has 32 heavy (non-hydrogen) atoms. The van der Waals surface area contributed by atoms with Crippen molar-refractivity contribution in [2.24, 2.45) is 5.92 Å². The van der Waals surface area contributed by atoms with Gasteiger partial charge in [0.1, 0.15) is 5.75 Å². The van der Waals surface area contributed by atoms with Crippen molar-refractivity contribution in [2.75, 3.05) is 32.8 Å². The second-order valence-electron chi connectivity index (χ2n) is 8.75. The first-order chi connectivity index (χ1) is 15.6. The third-order valence-corrected chi connectivity index (χ3v) is 5.89. The lowest BCUT2D eigenvalue weighted by molar-refractivity contribution is 0.0593. The van der Waals surface area contributed by atoms with Gasteiger partial charge in [0, 0.05) is 26.2 Å². The van der Waals surface area contributed by atoms with Crippen LogP contribution in [0.15, 0.2) is 84.9 Å². The highest BCUT2D eigenvalue weighted by atomic mass is 16.5. The number of para-hydroxylation sites is 1. The van der Waals surface area contributed by atoms with Crippen LogP contribution in [0.25, 0.3) is 0 Å². The van der Waals surface area contributed by atoms with Gasteiger partial charge in [-0.1, -0.05) is 86.6 Å². The van der Waals surface area contributed by atoms with Gasteiger partial charge in [0.15, 0.2) is 0 Å². The Bertz CT molecular complexity index is 957. The zero-order valence-corrected chi connectivity index (χ0v) is 19.0. The summed E-state index contributed by atoms with van der Waals surface area (Å²) >= 11 is 0. The molecular formula is C28H32N2O2. The van der Waals surface area contributed by atoms with E-state index in [0.29, 0.717) is 36.9 Å². The molecule has 4 nitrogen and oxygen atoms in total. The van der Waals surface area contributed by atoms with Crippen LogP contribution in [0.4, 0.5) is 0 Å². The van der Waals surface area contributed by atoms with Crippen LogP contribution in [0, 0.1) is 5.92 Å². The van der Waals surface area contributed by atoms with Crippen molar-refractivity contribution >= 4 is 5.91 Å². The number of hydrogen-bond donors (Lipinski definition) is 0. The number of ether oxygens (including phenoxy) is 1. The molecule has 1 fully saturated rings. The number of nitrogens with zero attached hydrogens (tertiary/aromatic N) is 2. The smallest absolute Gasteiger partial charge is 0.257 e. The molecule has 1 aliphatic heterocycles. The number of carbonyl (C=O) groups is 1. The van der Waals surface area contributed by atoms with Crippen LogP contribution in [-0.4, -0.2) is 48.5 Å². The monoisotopic (exact) mass is 428 g/mol. The van der Waals surface area contributed by atoms with Crippen LogP contribution >= 0.6 is 0 Å². The summed E-state index contributed by atoms with van der Waals surface area (Å²) in [6.07, 6.45) is 0. The lowest BCUT2D eigenvalue weighted by Gasteiger charge is -2.40. The van der Waals surface area contributed by atoms with Gasteiger partial charge in [-0.2, -0.15) is 0 Å². The van der Waals surface area contributed by atoms with Crippen molar-refractivity contribution in [1.29, 1.82) is 0 Å². The Hall–Kier alpha value is -3.11. The largest absolute Gasteiger partial charge is 0.492 e. The zero-order valence-electron chi connectivity index (χ0n) is 19.0. The number of amides is 1. The Balaban J connectivity index is 1.48. The van der Waals surface area contributed by atoms with Gasteiger partial charge >= 0.3 is 0 Å². The summed E-state index contributed by atoms with van der Waals surface area (Å²) in [6.45, 7) is 7.89. The molecule has 0 N–H and O–H groups in total. The van der Waals surface area contributed by atoms with Gasteiger partial charge in [-0.25, -0.2) is 0 Å². The van der Waals surface area contributed by atoms with E-state index in [9.17, 15) is 4.79 Å². The molecule has 3 aromatic rings. The van der Waals surface area contributed by atoms with Gasteiger partial charge in [0.25, 0.3) is 5.91 Å². The summed E-state index contributed by atoms with van der Waals surface area (Å²) in [5, 5.41) is 0. The Morgan fingerprint density at radius 3 is 1.88 bits per heavy atom. The highest BCUT2D eigenvalue weighted by molar-refractivity contribution is 5.97. The number of carbonyl (C=O) groups excluding carboxylic acids is 1. The molecule has 4 rings (SSSR count). The molecule has 0 saturated carbocycles. The third kappa shape index (κ3) is 5.20. The molecule has 1 amide bonds. The number of rotatable bonds is 7. The number of benzene rings is 3. The summed E-state index contributed by atoms with van der Waals surface area (Å²) in [5.74, 6) is 1.15. The fourth-order valence-electron chi connectivity index (χ4n) is 4.26. The van der Waals surface area contributed by atoms with E-state index in [0.717, 1.165) is 13.1 Å². The molecule has 1 heterocycles. The lowest BCUT2D eigenvalue weighted by atomic mass is 9.96. The molecule has 166 valence electrons. The van der Waals surface area contributed by atoms with Crippen LogP contribution in [0.5, 0.6) is 5.75 Å². The van der Waals surface area contributed by atoms with E-state index in [2.05, 4.69) is 79.4 Å².